The van der Waals surface area contributed by atoms with Crippen LogP contribution in [0, 0.1) is 0 Å². The van der Waals surface area contributed by atoms with Gasteiger partial charge in [0.15, 0.2) is 12.0 Å². The number of rotatable bonds is 2. The van der Waals surface area contributed by atoms with Crippen LogP contribution >= 0.6 is 0 Å². The normalized spacial score (nSPS) is 10.3. The van der Waals surface area contributed by atoms with Crippen LogP contribution in [0.1, 0.15) is 20.9 Å². The molecule has 0 amide bonds. The van der Waals surface area contributed by atoms with Crippen LogP contribution in [0.2, 0.25) is 0 Å². The van der Waals surface area contributed by atoms with Gasteiger partial charge in [-0.1, -0.05) is 0 Å². The molecule has 1 aromatic heterocycles. The molecule has 0 aliphatic rings. The second-order valence-electron chi connectivity index (χ2n) is 2.87. The summed E-state index contributed by atoms with van der Waals surface area (Å²) in [5.74, 6) is 0.100. The van der Waals surface area contributed by atoms with Gasteiger partial charge in [-0.2, -0.15) is 0 Å². The molecule has 0 spiro atoms. The summed E-state index contributed by atoms with van der Waals surface area (Å²) >= 11 is 0. The Kier molecular flexibility index (Phi) is 1.81. The number of nitrogen functional groups attached to an aromatic ring is 1. The Hall–Kier alpha value is -2.10. The summed E-state index contributed by atoms with van der Waals surface area (Å²) in [5, 5.41) is 0.594. The van der Waals surface area contributed by atoms with Crippen molar-refractivity contribution in [2.45, 2.75) is 0 Å². The molecule has 0 bridgehead atoms. The predicted octanol–water partition coefficient (Wildman–Crippen LogP) is 1.64. The average Bonchev–Trinajstić information content (AvgIpc) is 2.55. The second-order valence-corrected chi connectivity index (χ2v) is 2.87. The molecule has 0 radical (unpaired) electrons. The number of hydrogen-bond acceptors (Lipinski definition) is 4. The third kappa shape index (κ3) is 1.08. The van der Waals surface area contributed by atoms with E-state index in [1.165, 1.54) is 0 Å². The van der Waals surface area contributed by atoms with Gasteiger partial charge in [0.2, 0.25) is 0 Å². The molecular weight excluding hydrogens is 182 g/mol. The molecule has 2 aromatic rings. The predicted molar refractivity (Wildman–Crippen MR) is 51.4 cm³/mol. The highest BCUT2D eigenvalue weighted by Gasteiger charge is 2.10. The molecule has 0 atom stereocenters. The van der Waals surface area contributed by atoms with E-state index < -0.39 is 0 Å². The third-order valence-corrected chi connectivity index (χ3v) is 2.02. The van der Waals surface area contributed by atoms with E-state index in [1.807, 2.05) is 0 Å². The van der Waals surface area contributed by atoms with Gasteiger partial charge in [-0.25, -0.2) is 0 Å². The Morgan fingerprint density at radius 3 is 2.64 bits per heavy atom. The van der Waals surface area contributed by atoms with Crippen LogP contribution in [-0.2, 0) is 0 Å². The lowest BCUT2D eigenvalue weighted by molar-refractivity contribution is 0.110. The standard InChI is InChI=1S/C10H7NO3/c11-10-7-3-6(4-12)1-2-8(7)14-9(10)5-13/h1-5H,11H2. The van der Waals surface area contributed by atoms with Crippen molar-refractivity contribution < 1.29 is 14.0 Å². The number of carbonyl (C=O) groups is 2. The number of furan rings is 1. The van der Waals surface area contributed by atoms with Crippen molar-refractivity contribution in [1.82, 2.24) is 0 Å². The van der Waals surface area contributed by atoms with E-state index in [-0.39, 0.29) is 11.4 Å². The van der Waals surface area contributed by atoms with Crippen molar-refractivity contribution in [3.05, 3.63) is 29.5 Å². The molecule has 0 aliphatic heterocycles. The van der Waals surface area contributed by atoms with E-state index in [9.17, 15) is 9.59 Å². The monoisotopic (exact) mass is 189 g/mol. The molecule has 0 saturated heterocycles. The van der Waals surface area contributed by atoms with Gasteiger partial charge >= 0.3 is 0 Å². The van der Waals surface area contributed by atoms with Crippen LogP contribution in [0.15, 0.2) is 22.6 Å². The molecule has 2 rings (SSSR count). The summed E-state index contributed by atoms with van der Waals surface area (Å²) in [4.78, 5) is 21.0. The summed E-state index contributed by atoms with van der Waals surface area (Å²) in [6, 6.07) is 4.81. The minimum absolute atomic E-state index is 0.100. The molecule has 0 saturated carbocycles. The molecule has 0 fully saturated rings. The average molecular weight is 189 g/mol. The van der Waals surface area contributed by atoms with Crippen molar-refractivity contribution in [2.24, 2.45) is 0 Å². The second kappa shape index (κ2) is 2.99. The van der Waals surface area contributed by atoms with Gasteiger partial charge in [0.25, 0.3) is 0 Å². The first-order valence-electron chi connectivity index (χ1n) is 3.98. The lowest BCUT2D eigenvalue weighted by atomic mass is 10.1. The highest BCUT2D eigenvalue weighted by Crippen LogP contribution is 2.27. The zero-order valence-electron chi connectivity index (χ0n) is 7.19. The Bertz CT molecular complexity index is 513. The van der Waals surface area contributed by atoms with Crippen LogP contribution in [0.5, 0.6) is 0 Å². The fourth-order valence-corrected chi connectivity index (χ4v) is 1.31. The lowest BCUT2D eigenvalue weighted by Gasteiger charge is -1.90. The van der Waals surface area contributed by atoms with Crippen LogP contribution < -0.4 is 5.73 Å². The summed E-state index contributed by atoms with van der Waals surface area (Å²) in [6.45, 7) is 0. The third-order valence-electron chi connectivity index (χ3n) is 2.02. The van der Waals surface area contributed by atoms with E-state index in [4.69, 9.17) is 10.2 Å². The van der Waals surface area contributed by atoms with E-state index in [1.54, 1.807) is 18.2 Å². The van der Waals surface area contributed by atoms with E-state index in [0.29, 0.717) is 29.1 Å². The Balaban J connectivity index is 2.80. The van der Waals surface area contributed by atoms with Gasteiger partial charge in [0.1, 0.15) is 11.9 Å². The molecule has 1 aromatic carbocycles. The summed E-state index contributed by atoms with van der Waals surface area (Å²) in [7, 11) is 0. The highest BCUT2D eigenvalue weighted by atomic mass is 16.3. The number of anilines is 1. The molecule has 0 aliphatic carbocycles. The molecule has 14 heavy (non-hydrogen) atoms. The molecular formula is C10H7NO3. The van der Waals surface area contributed by atoms with Gasteiger partial charge in [-0.15, -0.1) is 0 Å². The smallest absolute Gasteiger partial charge is 0.190 e. The number of aldehydes is 2. The summed E-state index contributed by atoms with van der Waals surface area (Å²) in [6.07, 6.45) is 1.27. The zero-order chi connectivity index (χ0) is 10.1. The molecule has 4 heteroatoms. The fourth-order valence-electron chi connectivity index (χ4n) is 1.31. The minimum atomic E-state index is 0.100. The number of hydrogen-bond donors (Lipinski definition) is 1. The first kappa shape index (κ1) is 8.50. The van der Waals surface area contributed by atoms with Crippen LogP contribution in [0.4, 0.5) is 5.69 Å². The van der Waals surface area contributed by atoms with Crippen molar-refractivity contribution in [2.75, 3.05) is 5.73 Å². The van der Waals surface area contributed by atoms with Crippen LogP contribution in [0.3, 0.4) is 0 Å². The minimum Gasteiger partial charge on any atom is -0.451 e. The van der Waals surface area contributed by atoms with E-state index >= 15 is 0 Å². The largest absolute Gasteiger partial charge is 0.451 e. The van der Waals surface area contributed by atoms with Crippen molar-refractivity contribution in [3.63, 3.8) is 0 Å². The summed E-state index contributed by atoms with van der Waals surface area (Å²) in [5.41, 5.74) is 6.92. The molecule has 2 N–H and O–H groups in total. The SMILES string of the molecule is Nc1c(C=O)oc2ccc(C=O)cc12. The summed E-state index contributed by atoms with van der Waals surface area (Å²) < 4.78 is 5.14. The maximum Gasteiger partial charge on any atom is 0.190 e. The number of benzene rings is 1. The quantitative estimate of drug-likeness (QED) is 0.729. The lowest BCUT2D eigenvalue weighted by Crippen LogP contribution is -1.87. The maximum atomic E-state index is 10.5. The first-order valence-corrected chi connectivity index (χ1v) is 3.98. The van der Waals surface area contributed by atoms with Crippen LogP contribution in [-0.4, -0.2) is 12.6 Å². The number of carbonyl (C=O) groups excluding carboxylic acids is 2. The van der Waals surface area contributed by atoms with Crippen LogP contribution in [0.25, 0.3) is 11.0 Å². The van der Waals surface area contributed by atoms with Crippen molar-refractivity contribution in [3.8, 4) is 0 Å². The zero-order valence-corrected chi connectivity index (χ0v) is 7.19. The van der Waals surface area contributed by atoms with Gasteiger partial charge in [0.05, 0.1) is 5.69 Å². The topological polar surface area (TPSA) is 73.3 Å². The molecule has 0 unspecified atom stereocenters. The van der Waals surface area contributed by atoms with Crippen molar-refractivity contribution >= 4 is 29.2 Å². The van der Waals surface area contributed by atoms with Gasteiger partial charge < -0.3 is 10.2 Å². The Morgan fingerprint density at radius 2 is 2.00 bits per heavy atom. The molecule has 4 nitrogen and oxygen atoms in total. The van der Waals surface area contributed by atoms with E-state index in [0.717, 1.165) is 0 Å². The van der Waals surface area contributed by atoms with Gasteiger partial charge in [-0.05, 0) is 18.2 Å². The van der Waals surface area contributed by atoms with Gasteiger partial charge in [0, 0.05) is 10.9 Å². The van der Waals surface area contributed by atoms with E-state index in [2.05, 4.69) is 0 Å². The molecule has 1 heterocycles. The van der Waals surface area contributed by atoms with Gasteiger partial charge in [-0.3, -0.25) is 9.59 Å². The number of nitrogens with two attached hydrogens (primary N) is 1. The number of fused-ring (bicyclic) bond motifs is 1. The van der Waals surface area contributed by atoms with Crippen molar-refractivity contribution in [1.29, 1.82) is 0 Å². The molecule has 70 valence electrons. The Morgan fingerprint density at radius 1 is 1.21 bits per heavy atom. The Labute approximate surface area is 79.3 Å². The fraction of sp³-hybridized carbons (Fsp3) is 0. The highest BCUT2D eigenvalue weighted by molar-refractivity contribution is 6.00. The first-order chi connectivity index (χ1) is 6.76. The maximum absolute atomic E-state index is 10.5.